The highest BCUT2D eigenvalue weighted by molar-refractivity contribution is 6.31. The molecule has 3 aromatic carbocycles. The van der Waals surface area contributed by atoms with Gasteiger partial charge in [0.25, 0.3) is 11.8 Å². The number of rotatable bonds is 10. The van der Waals surface area contributed by atoms with Crippen molar-refractivity contribution in [3.8, 4) is 11.5 Å². The molecule has 1 atom stereocenters. The Hall–Kier alpha value is -3.88. The number of benzene rings is 3. The van der Waals surface area contributed by atoms with E-state index in [4.69, 9.17) is 30.9 Å². The summed E-state index contributed by atoms with van der Waals surface area (Å²) in [6.07, 6.45) is 0.465. The van der Waals surface area contributed by atoms with Crippen LogP contribution in [-0.4, -0.2) is 68.5 Å². The molecule has 9 heteroatoms. The molecule has 0 radical (unpaired) electrons. The van der Waals surface area contributed by atoms with Crippen LogP contribution in [0.2, 0.25) is 5.02 Å². The van der Waals surface area contributed by atoms with Gasteiger partial charge in [0, 0.05) is 36.2 Å². The predicted octanol–water partition coefficient (Wildman–Crippen LogP) is 4.82. The number of carbonyl (C=O) groups is 2. The van der Waals surface area contributed by atoms with Gasteiger partial charge in [-0.05, 0) is 48.0 Å². The van der Waals surface area contributed by atoms with E-state index < -0.39 is 6.04 Å². The highest BCUT2D eigenvalue weighted by Gasteiger charge is 2.35. The molecule has 0 N–H and O–H groups in total. The third kappa shape index (κ3) is 6.15. The number of hydrazone groups is 1. The highest BCUT2D eigenvalue weighted by atomic mass is 35.5. The molecule has 0 aromatic heterocycles. The first-order chi connectivity index (χ1) is 18.4. The summed E-state index contributed by atoms with van der Waals surface area (Å²) in [4.78, 5) is 28.6. The van der Waals surface area contributed by atoms with E-state index in [1.54, 1.807) is 51.7 Å². The molecule has 0 unspecified atom stereocenters. The summed E-state index contributed by atoms with van der Waals surface area (Å²) in [6, 6.07) is 21.3. The van der Waals surface area contributed by atoms with Crippen LogP contribution in [0.1, 0.15) is 33.9 Å². The molecule has 38 heavy (non-hydrogen) atoms. The van der Waals surface area contributed by atoms with E-state index in [2.05, 4.69) is 0 Å². The maximum absolute atomic E-state index is 13.7. The number of carbonyl (C=O) groups excluding carboxylic acids is 2. The van der Waals surface area contributed by atoms with Crippen LogP contribution < -0.4 is 9.47 Å². The van der Waals surface area contributed by atoms with Crippen LogP contribution in [0.25, 0.3) is 0 Å². The van der Waals surface area contributed by atoms with Crippen molar-refractivity contribution in [2.24, 2.45) is 5.10 Å². The van der Waals surface area contributed by atoms with Crippen LogP contribution in [0.5, 0.6) is 11.5 Å². The predicted molar refractivity (Wildman–Crippen MR) is 146 cm³/mol. The van der Waals surface area contributed by atoms with Crippen molar-refractivity contribution in [3.63, 3.8) is 0 Å². The number of hydrogen-bond acceptors (Lipinski definition) is 6. The topological polar surface area (TPSA) is 80.7 Å². The molecule has 1 heterocycles. The lowest BCUT2D eigenvalue weighted by Gasteiger charge is -2.27. The smallest absolute Gasteiger partial charge is 0.262 e. The van der Waals surface area contributed by atoms with E-state index in [-0.39, 0.29) is 31.5 Å². The second kappa shape index (κ2) is 12.6. The van der Waals surface area contributed by atoms with Gasteiger partial charge in [0.15, 0.2) is 0 Å². The fraction of sp³-hybridized carbons (Fsp3) is 0.276. The Kier molecular flexibility index (Phi) is 8.99. The molecule has 0 spiro atoms. The Morgan fingerprint density at radius 1 is 0.974 bits per heavy atom. The lowest BCUT2D eigenvalue weighted by atomic mass is 9.98. The second-order valence-corrected chi connectivity index (χ2v) is 9.11. The van der Waals surface area contributed by atoms with Gasteiger partial charge in [-0.15, -0.1) is 0 Å². The van der Waals surface area contributed by atoms with Gasteiger partial charge < -0.3 is 19.1 Å². The summed E-state index contributed by atoms with van der Waals surface area (Å²) in [6.45, 7) is 0.343. The maximum Gasteiger partial charge on any atom is 0.262 e. The summed E-state index contributed by atoms with van der Waals surface area (Å²) in [5.74, 6) is 0.717. The third-order valence-electron chi connectivity index (χ3n) is 6.35. The molecule has 0 aliphatic carbocycles. The van der Waals surface area contributed by atoms with E-state index in [1.165, 1.54) is 9.91 Å². The minimum Gasteiger partial charge on any atom is -0.497 e. The minimum atomic E-state index is -0.419. The molecule has 8 nitrogen and oxygen atoms in total. The van der Waals surface area contributed by atoms with E-state index in [1.807, 2.05) is 42.5 Å². The standard InChI is InChI=1S/C29H30ClN3O5/c1-36-16-15-32(29(35)20-11-13-22(37-2)14-12-20)19-28(34)33-27(24-9-4-5-10-25(24)30)18-26(31-33)21-7-6-8-23(17-21)38-3/h4-14,17,27H,15-16,18-19H2,1-3H3/t27-/m1/s1. The van der Waals surface area contributed by atoms with Gasteiger partial charge in [-0.1, -0.05) is 41.9 Å². The van der Waals surface area contributed by atoms with Crippen LogP contribution >= 0.6 is 11.6 Å². The number of amides is 2. The van der Waals surface area contributed by atoms with Crippen LogP contribution in [0.15, 0.2) is 77.9 Å². The van der Waals surface area contributed by atoms with Crippen molar-refractivity contribution >= 4 is 29.1 Å². The Morgan fingerprint density at radius 3 is 2.39 bits per heavy atom. The molecular weight excluding hydrogens is 506 g/mol. The van der Waals surface area contributed by atoms with E-state index in [0.717, 1.165) is 16.8 Å². The lowest BCUT2D eigenvalue weighted by Crippen LogP contribution is -2.42. The normalized spacial score (nSPS) is 14.7. The number of halogens is 1. The SMILES string of the molecule is COCCN(CC(=O)N1N=C(c2cccc(OC)c2)C[C@@H]1c1ccccc1Cl)C(=O)c1ccc(OC)cc1. The molecule has 0 fully saturated rings. The van der Waals surface area contributed by atoms with Crippen molar-refractivity contribution in [1.82, 2.24) is 9.91 Å². The maximum atomic E-state index is 13.7. The second-order valence-electron chi connectivity index (χ2n) is 8.71. The summed E-state index contributed by atoms with van der Waals surface area (Å²) in [5.41, 5.74) is 2.81. The molecular formula is C29H30ClN3O5. The van der Waals surface area contributed by atoms with Gasteiger partial charge in [0.05, 0.1) is 32.6 Å². The van der Waals surface area contributed by atoms with Gasteiger partial charge in [-0.2, -0.15) is 5.10 Å². The van der Waals surface area contributed by atoms with Crippen LogP contribution in [0.3, 0.4) is 0 Å². The van der Waals surface area contributed by atoms with Crippen molar-refractivity contribution in [3.05, 3.63) is 94.5 Å². The largest absolute Gasteiger partial charge is 0.497 e. The highest BCUT2D eigenvalue weighted by Crippen LogP contribution is 2.36. The Balaban J connectivity index is 1.64. The van der Waals surface area contributed by atoms with Gasteiger partial charge in [0.1, 0.15) is 18.0 Å². The Bertz CT molecular complexity index is 1310. The molecule has 3 aromatic rings. The Labute approximate surface area is 227 Å². The summed E-state index contributed by atoms with van der Waals surface area (Å²) in [5, 5.41) is 6.71. The molecule has 0 saturated heterocycles. The first-order valence-electron chi connectivity index (χ1n) is 12.2. The van der Waals surface area contributed by atoms with E-state index in [0.29, 0.717) is 28.5 Å². The zero-order valence-electron chi connectivity index (χ0n) is 21.6. The molecule has 4 rings (SSSR count). The monoisotopic (exact) mass is 535 g/mol. The van der Waals surface area contributed by atoms with E-state index in [9.17, 15) is 9.59 Å². The molecule has 2 amide bonds. The summed E-state index contributed by atoms with van der Waals surface area (Å²) in [7, 11) is 4.72. The van der Waals surface area contributed by atoms with Crippen molar-refractivity contribution in [2.75, 3.05) is 41.0 Å². The zero-order valence-corrected chi connectivity index (χ0v) is 22.4. The van der Waals surface area contributed by atoms with Crippen molar-refractivity contribution < 1.29 is 23.8 Å². The fourth-order valence-corrected chi connectivity index (χ4v) is 4.57. The first kappa shape index (κ1) is 27.2. The molecule has 0 bridgehead atoms. The van der Waals surface area contributed by atoms with Crippen LogP contribution in [0.4, 0.5) is 0 Å². The number of hydrogen-bond donors (Lipinski definition) is 0. The van der Waals surface area contributed by atoms with Crippen LogP contribution in [0, 0.1) is 0 Å². The molecule has 1 aliphatic rings. The third-order valence-corrected chi connectivity index (χ3v) is 6.69. The average Bonchev–Trinajstić information content (AvgIpc) is 3.40. The van der Waals surface area contributed by atoms with Gasteiger partial charge in [0.2, 0.25) is 0 Å². The molecule has 198 valence electrons. The molecule has 0 saturated carbocycles. The zero-order chi connectivity index (χ0) is 27.1. The summed E-state index contributed by atoms with van der Waals surface area (Å²) >= 11 is 6.54. The Morgan fingerprint density at radius 2 is 1.71 bits per heavy atom. The van der Waals surface area contributed by atoms with E-state index >= 15 is 0 Å². The van der Waals surface area contributed by atoms with Gasteiger partial charge in [-0.25, -0.2) is 5.01 Å². The minimum absolute atomic E-state index is 0.177. The van der Waals surface area contributed by atoms with Crippen molar-refractivity contribution in [1.29, 1.82) is 0 Å². The lowest BCUT2D eigenvalue weighted by molar-refractivity contribution is -0.133. The number of nitrogens with zero attached hydrogens (tertiary/aromatic N) is 3. The number of ether oxygens (including phenoxy) is 3. The summed E-state index contributed by atoms with van der Waals surface area (Å²) < 4.78 is 15.8. The van der Waals surface area contributed by atoms with Crippen molar-refractivity contribution in [2.45, 2.75) is 12.5 Å². The van der Waals surface area contributed by atoms with Crippen LogP contribution in [-0.2, 0) is 9.53 Å². The fourth-order valence-electron chi connectivity index (χ4n) is 4.31. The first-order valence-corrected chi connectivity index (χ1v) is 12.5. The molecule has 1 aliphatic heterocycles. The number of methoxy groups -OCH3 is 3. The van der Waals surface area contributed by atoms with Gasteiger partial charge in [-0.3, -0.25) is 9.59 Å². The van der Waals surface area contributed by atoms with Gasteiger partial charge >= 0.3 is 0 Å². The quantitative estimate of drug-likeness (QED) is 0.372. The average molecular weight is 536 g/mol.